The summed E-state index contributed by atoms with van der Waals surface area (Å²) in [6.45, 7) is 4.21. The van der Waals surface area contributed by atoms with Crippen LogP contribution < -0.4 is 5.06 Å². The molecule has 1 heterocycles. The van der Waals surface area contributed by atoms with Crippen LogP contribution in [0.1, 0.15) is 46.0 Å². The van der Waals surface area contributed by atoms with E-state index in [0.29, 0.717) is 30.5 Å². The molecule has 5 fully saturated rings. The van der Waals surface area contributed by atoms with Crippen molar-refractivity contribution < 1.29 is 33.4 Å². The minimum atomic E-state index is -2.17. The Morgan fingerprint density at radius 1 is 1.18 bits per heavy atom. The highest BCUT2D eigenvalue weighted by Crippen LogP contribution is 2.73. The zero-order valence-electron chi connectivity index (χ0n) is 22.7. The first kappa shape index (κ1) is 26.9. The topological polar surface area (TPSA) is 79.2 Å². The van der Waals surface area contributed by atoms with Gasteiger partial charge in [-0.3, -0.25) is 9.90 Å². The number of aliphatic hydroxyl groups is 2. The van der Waals surface area contributed by atoms with Crippen molar-refractivity contribution >= 4 is 23.3 Å². The molecular weight excluding hydrogens is 540 g/mol. The molecule has 4 saturated carbocycles. The number of rotatable bonds is 4. The number of hydrogen-bond acceptors (Lipinski definition) is 6. The van der Waals surface area contributed by atoms with Crippen molar-refractivity contribution in [1.82, 2.24) is 0 Å². The number of nitrogens with zero attached hydrogens (tertiary/aromatic N) is 1. The number of allylic oxidation sites excluding steroid dienone is 2. The van der Waals surface area contributed by atoms with Gasteiger partial charge in [0, 0.05) is 27.7 Å². The van der Waals surface area contributed by atoms with Crippen LogP contribution in [-0.2, 0) is 14.4 Å². The molecule has 1 aromatic carbocycles. The molecule has 1 aromatic rings. The molecule has 7 rings (SSSR count). The summed E-state index contributed by atoms with van der Waals surface area (Å²) in [6.07, 6.45) is 2.74. The fourth-order valence-electron chi connectivity index (χ4n) is 9.05. The highest BCUT2D eigenvalue weighted by molar-refractivity contribution is 6.30. The van der Waals surface area contributed by atoms with Gasteiger partial charge in [0.1, 0.15) is 6.17 Å². The number of benzene rings is 1. The van der Waals surface area contributed by atoms with E-state index in [1.165, 1.54) is 18.2 Å². The molecule has 6 nitrogen and oxygen atoms in total. The van der Waals surface area contributed by atoms with E-state index < -0.39 is 58.3 Å². The number of carbonyl (C=O) groups excluding carboxylic acids is 1. The van der Waals surface area contributed by atoms with Gasteiger partial charge in [0.15, 0.2) is 5.67 Å². The minimum Gasteiger partial charge on any atom is -0.463 e. The number of carbonyl (C=O) groups is 1. The fourth-order valence-corrected chi connectivity index (χ4v) is 9.18. The molecule has 2 N–H and O–H groups in total. The number of hydroxylamine groups is 1. The maximum atomic E-state index is 17.6. The summed E-state index contributed by atoms with van der Waals surface area (Å²) in [5.74, 6) is -1.76. The second-order valence-electron chi connectivity index (χ2n) is 13.3. The Balaban J connectivity index is 1.30. The largest absolute Gasteiger partial charge is 0.463 e. The first-order chi connectivity index (χ1) is 18.9. The van der Waals surface area contributed by atoms with Crippen LogP contribution in [0.4, 0.5) is 14.5 Å². The molecule has 1 saturated heterocycles. The van der Waals surface area contributed by atoms with E-state index in [0.717, 1.165) is 18.5 Å². The Morgan fingerprint density at radius 3 is 2.60 bits per heavy atom. The summed E-state index contributed by atoms with van der Waals surface area (Å²) in [4.78, 5) is 20.8. The lowest BCUT2D eigenvalue weighted by Crippen LogP contribution is -2.70. The van der Waals surface area contributed by atoms with Gasteiger partial charge in [0.2, 0.25) is 5.60 Å². The summed E-state index contributed by atoms with van der Waals surface area (Å²) >= 11 is 6.11. The summed E-state index contributed by atoms with van der Waals surface area (Å²) < 4.78 is 39.4. The Labute approximate surface area is 237 Å². The normalized spacial score (nSPS) is 47.2. The second-order valence-corrected chi connectivity index (χ2v) is 13.8. The third-order valence-corrected chi connectivity index (χ3v) is 11.5. The molecule has 0 aromatic heterocycles. The van der Waals surface area contributed by atoms with Crippen molar-refractivity contribution in [2.24, 2.45) is 34.5 Å². The first-order valence-electron chi connectivity index (χ1n) is 14.4. The second kappa shape index (κ2) is 8.76. The Hall–Kier alpha value is -2.00. The smallest absolute Gasteiger partial charge is 0.342 e. The zero-order chi connectivity index (χ0) is 28.2. The third-order valence-electron chi connectivity index (χ3n) is 11.3. The Kier molecular flexibility index (Phi) is 5.88. The maximum Gasteiger partial charge on any atom is 0.342 e. The van der Waals surface area contributed by atoms with Crippen LogP contribution in [0.15, 0.2) is 48.1 Å². The van der Waals surface area contributed by atoms with Gasteiger partial charge in [-0.25, -0.2) is 13.6 Å². The Morgan fingerprint density at radius 2 is 1.90 bits per heavy atom. The monoisotopic (exact) mass is 575 g/mol. The average Bonchev–Trinajstić information content (AvgIpc) is 3.61. The van der Waals surface area contributed by atoms with E-state index in [1.54, 1.807) is 24.1 Å². The number of hydrogen-bond donors (Lipinski definition) is 2. The third kappa shape index (κ3) is 3.39. The maximum absolute atomic E-state index is 17.6. The molecule has 5 aliphatic carbocycles. The number of fused-ring (bicyclic) bond motifs is 7. The summed E-state index contributed by atoms with van der Waals surface area (Å²) in [5.41, 5.74) is -5.12. The molecule has 1 aliphatic heterocycles. The number of alkyl halides is 2. The van der Waals surface area contributed by atoms with Crippen LogP contribution in [-0.4, -0.2) is 59.0 Å². The van der Waals surface area contributed by atoms with E-state index in [2.05, 4.69) is 0 Å². The molecule has 9 heteroatoms. The van der Waals surface area contributed by atoms with Crippen LogP contribution in [0.3, 0.4) is 0 Å². The lowest BCUT2D eigenvalue weighted by Gasteiger charge is -2.63. The van der Waals surface area contributed by atoms with Gasteiger partial charge >= 0.3 is 5.97 Å². The van der Waals surface area contributed by atoms with Crippen LogP contribution in [0, 0.1) is 34.5 Å². The van der Waals surface area contributed by atoms with Gasteiger partial charge in [0.25, 0.3) is 0 Å². The van der Waals surface area contributed by atoms with E-state index >= 15 is 8.78 Å². The van der Waals surface area contributed by atoms with Gasteiger partial charge in [-0.2, -0.15) is 0 Å². The fraction of sp³-hybridized carbons (Fsp3) is 0.645. The van der Waals surface area contributed by atoms with E-state index in [4.69, 9.17) is 21.2 Å². The number of anilines is 1. The van der Waals surface area contributed by atoms with E-state index in [9.17, 15) is 15.0 Å². The zero-order valence-corrected chi connectivity index (χ0v) is 23.5. The van der Waals surface area contributed by atoms with Crippen LogP contribution in [0.25, 0.3) is 0 Å². The van der Waals surface area contributed by atoms with Gasteiger partial charge in [0.05, 0.1) is 31.0 Å². The highest BCUT2D eigenvalue weighted by Gasteiger charge is 2.80. The SMILES string of the molecule is C[C@]12C=CC(O)C=C1[C@@H](F)C[C@H]1[C@@H]3C[C@H]4CN(c5ccc(Cl)cc5)O[C@@]4(C(=O)OCC4CC4)[C@@]3(C)C[C@H](O)[C@@]12F. The lowest BCUT2D eigenvalue weighted by atomic mass is 9.44. The molecule has 216 valence electrons. The molecule has 0 bridgehead atoms. The number of esters is 1. The van der Waals surface area contributed by atoms with Crippen molar-refractivity contribution in [2.75, 3.05) is 18.2 Å². The van der Waals surface area contributed by atoms with Gasteiger partial charge in [-0.15, -0.1) is 0 Å². The summed E-state index contributed by atoms with van der Waals surface area (Å²) in [7, 11) is 0. The summed E-state index contributed by atoms with van der Waals surface area (Å²) in [5, 5.41) is 24.2. The van der Waals surface area contributed by atoms with Crippen LogP contribution in [0.2, 0.25) is 5.02 Å². The van der Waals surface area contributed by atoms with Crippen molar-refractivity contribution in [1.29, 1.82) is 0 Å². The van der Waals surface area contributed by atoms with Crippen molar-refractivity contribution in [3.63, 3.8) is 0 Å². The number of ether oxygens (including phenoxy) is 1. The molecule has 0 radical (unpaired) electrons. The van der Waals surface area contributed by atoms with Gasteiger partial charge in [-0.1, -0.05) is 30.7 Å². The van der Waals surface area contributed by atoms with E-state index in [-0.39, 0.29) is 24.3 Å². The molecule has 40 heavy (non-hydrogen) atoms. The number of aliphatic hydroxyl groups excluding tert-OH is 2. The lowest BCUT2D eigenvalue weighted by molar-refractivity contribution is -0.235. The highest BCUT2D eigenvalue weighted by atomic mass is 35.5. The van der Waals surface area contributed by atoms with Crippen molar-refractivity contribution in [2.45, 2.75) is 75.6 Å². The predicted octanol–water partition coefficient (Wildman–Crippen LogP) is 5.12. The molecule has 0 amide bonds. The minimum absolute atomic E-state index is 0.0373. The van der Waals surface area contributed by atoms with Crippen LogP contribution in [0.5, 0.6) is 0 Å². The standard InChI is InChI=1S/C31H36ClF2NO5/c1-28-10-9-21(36)12-24(28)25(33)13-23-22-11-18-15-35(20-7-5-19(32)6-8-20)40-31(18,27(38)39-16-17-3-4-17)29(22,2)14-26(37)30(23,28)34/h5-10,12,17-18,21-23,25-26,36-37H,3-4,11,13-16H2,1-2H3/t18-,21?,22-,23-,25-,26-,28-,29-,30-,31-/m0/s1. The van der Waals surface area contributed by atoms with Crippen molar-refractivity contribution in [3.05, 3.63) is 53.1 Å². The van der Waals surface area contributed by atoms with Crippen molar-refractivity contribution in [3.8, 4) is 0 Å². The van der Waals surface area contributed by atoms with Gasteiger partial charge < -0.3 is 14.9 Å². The molecule has 10 atom stereocenters. The quantitative estimate of drug-likeness (QED) is 0.383. The molecule has 0 spiro atoms. The molecule has 6 aliphatic rings. The number of halogens is 3. The van der Waals surface area contributed by atoms with Crippen LogP contribution >= 0.6 is 11.6 Å². The molecular formula is C31H36ClF2NO5. The summed E-state index contributed by atoms with van der Waals surface area (Å²) in [6, 6.07) is 7.15. The average molecular weight is 576 g/mol. The van der Waals surface area contributed by atoms with E-state index in [1.807, 2.05) is 19.1 Å². The molecule has 1 unspecified atom stereocenters. The predicted molar refractivity (Wildman–Crippen MR) is 145 cm³/mol. The first-order valence-corrected chi connectivity index (χ1v) is 14.8. The van der Waals surface area contributed by atoms with Gasteiger partial charge in [-0.05, 0) is 86.8 Å². The Bertz CT molecular complexity index is 1290.